The van der Waals surface area contributed by atoms with Crippen molar-refractivity contribution >= 4 is 42.9 Å². The zero-order valence-electron chi connectivity index (χ0n) is 12.2. The monoisotopic (exact) mass is 436 g/mol. The lowest BCUT2D eigenvalue weighted by Crippen LogP contribution is -2.01. The second kappa shape index (κ2) is 6.20. The molecule has 0 amide bonds. The average Bonchev–Trinajstić information content (AvgIpc) is 3.26. The Hall–Kier alpha value is -1.47. The highest BCUT2D eigenvalue weighted by Gasteiger charge is 2.23. The maximum Gasteiger partial charge on any atom is 0.136 e. The van der Waals surface area contributed by atoms with Crippen molar-refractivity contribution in [1.82, 2.24) is 20.0 Å². The molecule has 1 aromatic carbocycles. The Balaban J connectivity index is 1.56. The van der Waals surface area contributed by atoms with E-state index in [-0.39, 0.29) is 0 Å². The highest BCUT2D eigenvalue weighted by atomic mass is 79.9. The molecule has 23 heavy (non-hydrogen) atoms. The summed E-state index contributed by atoms with van der Waals surface area (Å²) in [6, 6.07) is 5.98. The minimum atomic E-state index is 0.451. The van der Waals surface area contributed by atoms with Crippen LogP contribution in [0.25, 0.3) is 11.0 Å². The molecule has 1 aliphatic rings. The average molecular weight is 438 g/mol. The fourth-order valence-electron chi connectivity index (χ4n) is 2.47. The molecule has 0 spiro atoms. The van der Waals surface area contributed by atoms with Crippen LogP contribution >= 0.6 is 31.9 Å². The lowest BCUT2D eigenvalue weighted by molar-refractivity contribution is 0.304. The van der Waals surface area contributed by atoms with E-state index in [0.717, 1.165) is 43.8 Å². The van der Waals surface area contributed by atoms with Crippen LogP contribution in [0.2, 0.25) is 0 Å². The fourth-order valence-corrected chi connectivity index (χ4v) is 3.41. The van der Waals surface area contributed by atoms with Gasteiger partial charge in [0.1, 0.15) is 17.9 Å². The van der Waals surface area contributed by atoms with Gasteiger partial charge in [-0.15, -0.1) is 5.10 Å². The van der Waals surface area contributed by atoms with Gasteiger partial charge in [0.15, 0.2) is 0 Å². The SMILES string of the molecule is Brc1cncc(COc2ccc3c(nnn3CC3CC3)c2Br)c1. The van der Waals surface area contributed by atoms with E-state index in [2.05, 4.69) is 47.2 Å². The Morgan fingerprint density at radius 1 is 1.22 bits per heavy atom. The number of hydrogen-bond acceptors (Lipinski definition) is 4. The third-order valence-electron chi connectivity index (χ3n) is 3.87. The van der Waals surface area contributed by atoms with Gasteiger partial charge in [-0.3, -0.25) is 4.98 Å². The molecule has 118 valence electrons. The Morgan fingerprint density at radius 3 is 2.87 bits per heavy atom. The molecule has 1 fully saturated rings. The quantitative estimate of drug-likeness (QED) is 0.595. The smallest absolute Gasteiger partial charge is 0.136 e. The summed E-state index contributed by atoms with van der Waals surface area (Å²) in [6.45, 7) is 1.40. The number of nitrogens with zero attached hydrogens (tertiary/aromatic N) is 4. The van der Waals surface area contributed by atoms with Crippen LogP contribution in [0, 0.1) is 5.92 Å². The molecule has 0 atom stereocenters. The minimum absolute atomic E-state index is 0.451. The van der Waals surface area contributed by atoms with Crippen molar-refractivity contribution in [3.8, 4) is 5.75 Å². The number of halogens is 2. The Bertz CT molecular complexity index is 860. The van der Waals surface area contributed by atoms with Crippen molar-refractivity contribution in [3.05, 3.63) is 45.1 Å². The predicted octanol–water partition coefficient (Wildman–Crippen LogP) is 4.34. The number of fused-ring (bicyclic) bond motifs is 1. The molecule has 0 radical (unpaired) electrons. The van der Waals surface area contributed by atoms with E-state index in [9.17, 15) is 0 Å². The van der Waals surface area contributed by atoms with Crippen LogP contribution in [0.3, 0.4) is 0 Å². The van der Waals surface area contributed by atoms with Crippen LogP contribution in [0.15, 0.2) is 39.5 Å². The van der Waals surface area contributed by atoms with E-state index < -0.39 is 0 Å². The normalized spacial score (nSPS) is 14.3. The van der Waals surface area contributed by atoms with Gasteiger partial charge >= 0.3 is 0 Å². The van der Waals surface area contributed by atoms with Gasteiger partial charge in [-0.05, 0) is 68.8 Å². The summed E-state index contributed by atoms with van der Waals surface area (Å²) in [5, 5.41) is 8.57. The zero-order valence-corrected chi connectivity index (χ0v) is 15.4. The van der Waals surface area contributed by atoms with Gasteiger partial charge in [0.05, 0.1) is 9.99 Å². The first kappa shape index (κ1) is 15.1. The number of hydrogen-bond donors (Lipinski definition) is 0. The summed E-state index contributed by atoms with van der Waals surface area (Å²) < 4.78 is 9.68. The number of pyridine rings is 1. The first-order valence-corrected chi connectivity index (χ1v) is 9.03. The fraction of sp³-hybridized carbons (Fsp3) is 0.312. The third kappa shape index (κ3) is 3.26. The van der Waals surface area contributed by atoms with Crippen molar-refractivity contribution < 1.29 is 4.74 Å². The first-order chi connectivity index (χ1) is 11.2. The first-order valence-electron chi connectivity index (χ1n) is 7.44. The van der Waals surface area contributed by atoms with Crippen molar-refractivity contribution in [2.45, 2.75) is 26.0 Å². The summed E-state index contributed by atoms with van der Waals surface area (Å²) in [7, 11) is 0. The largest absolute Gasteiger partial charge is 0.488 e. The van der Waals surface area contributed by atoms with E-state index in [4.69, 9.17) is 4.74 Å². The van der Waals surface area contributed by atoms with Crippen LogP contribution in [0.5, 0.6) is 5.75 Å². The van der Waals surface area contributed by atoms with Crippen LogP contribution in [0.1, 0.15) is 18.4 Å². The summed E-state index contributed by atoms with van der Waals surface area (Å²) >= 11 is 7.01. The Morgan fingerprint density at radius 2 is 2.09 bits per heavy atom. The lowest BCUT2D eigenvalue weighted by atomic mass is 10.2. The molecular weight excluding hydrogens is 424 g/mol. The predicted molar refractivity (Wildman–Crippen MR) is 94.2 cm³/mol. The van der Waals surface area contributed by atoms with E-state index in [1.54, 1.807) is 12.4 Å². The van der Waals surface area contributed by atoms with Crippen molar-refractivity contribution in [2.75, 3.05) is 0 Å². The van der Waals surface area contributed by atoms with E-state index in [1.165, 1.54) is 12.8 Å². The molecule has 1 saturated carbocycles. The van der Waals surface area contributed by atoms with Gasteiger partial charge in [-0.2, -0.15) is 0 Å². The minimum Gasteiger partial charge on any atom is -0.488 e. The van der Waals surface area contributed by atoms with E-state index in [1.807, 2.05) is 22.9 Å². The lowest BCUT2D eigenvalue weighted by Gasteiger charge is -2.09. The summed E-state index contributed by atoms with van der Waals surface area (Å²) in [4.78, 5) is 4.14. The zero-order chi connectivity index (χ0) is 15.8. The van der Waals surface area contributed by atoms with Crippen LogP contribution in [-0.2, 0) is 13.2 Å². The molecule has 2 heterocycles. The molecule has 0 unspecified atom stereocenters. The maximum atomic E-state index is 5.90. The third-order valence-corrected chi connectivity index (χ3v) is 5.07. The standard InChI is InChI=1S/C16H14Br2N4O/c17-12-5-11(6-19-7-12)9-23-14-4-3-13-16(15(14)18)20-21-22(13)8-10-1-2-10/h3-7,10H,1-2,8-9H2. The van der Waals surface area contributed by atoms with E-state index in [0.29, 0.717) is 6.61 Å². The molecule has 1 aliphatic carbocycles. The number of benzene rings is 1. The van der Waals surface area contributed by atoms with Crippen LogP contribution in [0.4, 0.5) is 0 Å². The molecule has 4 rings (SSSR count). The summed E-state index contributed by atoms with van der Waals surface area (Å²) in [5.41, 5.74) is 2.89. The Labute approximate surface area is 150 Å². The summed E-state index contributed by atoms with van der Waals surface area (Å²) in [5.74, 6) is 1.52. The molecule has 0 bridgehead atoms. The maximum absolute atomic E-state index is 5.90. The van der Waals surface area contributed by atoms with Gasteiger partial charge < -0.3 is 4.74 Å². The van der Waals surface area contributed by atoms with Gasteiger partial charge in [0.2, 0.25) is 0 Å². The molecule has 0 aliphatic heterocycles. The van der Waals surface area contributed by atoms with Gasteiger partial charge in [0.25, 0.3) is 0 Å². The molecule has 0 N–H and O–H groups in total. The number of aromatic nitrogens is 4. The second-order valence-corrected chi connectivity index (χ2v) is 7.47. The van der Waals surface area contributed by atoms with Gasteiger partial charge in [-0.1, -0.05) is 5.21 Å². The second-order valence-electron chi connectivity index (χ2n) is 5.76. The highest BCUT2D eigenvalue weighted by molar-refractivity contribution is 9.11. The molecule has 2 aromatic heterocycles. The van der Waals surface area contributed by atoms with Crippen LogP contribution < -0.4 is 4.74 Å². The number of rotatable bonds is 5. The topological polar surface area (TPSA) is 52.8 Å². The molecule has 0 saturated heterocycles. The Kier molecular flexibility index (Phi) is 4.07. The van der Waals surface area contributed by atoms with Gasteiger partial charge in [-0.25, -0.2) is 4.68 Å². The molecule has 7 heteroatoms. The van der Waals surface area contributed by atoms with Crippen LogP contribution in [-0.4, -0.2) is 20.0 Å². The number of ether oxygens (including phenoxy) is 1. The van der Waals surface area contributed by atoms with Crippen molar-refractivity contribution in [1.29, 1.82) is 0 Å². The molecule has 3 aromatic rings. The van der Waals surface area contributed by atoms with Crippen molar-refractivity contribution in [3.63, 3.8) is 0 Å². The molecular formula is C16H14Br2N4O. The van der Waals surface area contributed by atoms with E-state index >= 15 is 0 Å². The van der Waals surface area contributed by atoms with Crippen molar-refractivity contribution in [2.24, 2.45) is 5.92 Å². The highest BCUT2D eigenvalue weighted by Crippen LogP contribution is 2.35. The summed E-state index contributed by atoms with van der Waals surface area (Å²) in [6.07, 6.45) is 6.14. The van der Waals surface area contributed by atoms with Gasteiger partial charge in [0, 0.05) is 29.0 Å². The molecule has 5 nitrogen and oxygen atoms in total.